The molecule has 3 aromatic rings. The Morgan fingerprint density at radius 3 is 2.09 bits per heavy atom. The van der Waals surface area contributed by atoms with Crippen LogP contribution in [-0.2, 0) is 21.2 Å². The third kappa shape index (κ3) is 6.48. The molecule has 3 aromatic carbocycles. The van der Waals surface area contributed by atoms with Gasteiger partial charge in [-0.1, -0.05) is 60.7 Å². The number of hydrogen-bond acceptors (Lipinski definition) is 5. The molecule has 8 heteroatoms. The van der Waals surface area contributed by atoms with Gasteiger partial charge in [-0.15, -0.1) is 0 Å². The number of hydrogen-bond donors (Lipinski definition) is 1. The highest BCUT2D eigenvalue weighted by atomic mass is 32.2. The number of rotatable bonds is 9. The fourth-order valence-corrected chi connectivity index (χ4v) is 5.68. The van der Waals surface area contributed by atoms with E-state index in [0.29, 0.717) is 38.3 Å². The van der Waals surface area contributed by atoms with E-state index in [9.17, 15) is 13.2 Å². The molecule has 0 aliphatic carbocycles. The third-order valence-electron chi connectivity index (χ3n) is 6.22. The van der Waals surface area contributed by atoms with Gasteiger partial charge in [-0.3, -0.25) is 9.69 Å². The number of carbonyl (C=O) groups excluding carboxylic acids is 1. The van der Waals surface area contributed by atoms with Crippen molar-refractivity contribution in [3.63, 3.8) is 0 Å². The highest BCUT2D eigenvalue weighted by Gasteiger charge is 2.29. The molecule has 0 aromatic heterocycles. The van der Waals surface area contributed by atoms with Crippen LogP contribution in [0.4, 0.5) is 0 Å². The summed E-state index contributed by atoms with van der Waals surface area (Å²) in [6.45, 7) is 1.91. The highest BCUT2D eigenvalue weighted by Crippen LogP contribution is 2.21. The van der Waals surface area contributed by atoms with Crippen LogP contribution in [0.5, 0.6) is 5.75 Å². The molecular formula is C27H31N3O4S. The first kappa shape index (κ1) is 24.9. The van der Waals surface area contributed by atoms with E-state index < -0.39 is 10.0 Å². The van der Waals surface area contributed by atoms with Crippen LogP contribution in [0.3, 0.4) is 0 Å². The summed E-state index contributed by atoms with van der Waals surface area (Å²) >= 11 is 0. The fraction of sp³-hybridized carbons (Fsp3) is 0.296. The molecule has 1 saturated heterocycles. The van der Waals surface area contributed by atoms with Crippen molar-refractivity contribution in [2.45, 2.75) is 17.4 Å². The third-order valence-corrected chi connectivity index (χ3v) is 8.13. The minimum atomic E-state index is -3.58. The van der Waals surface area contributed by atoms with E-state index in [-0.39, 0.29) is 23.4 Å². The average molecular weight is 494 g/mol. The second-order valence-corrected chi connectivity index (χ2v) is 10.5. The Balaban J connectivity index is 1.34. The summed E-state index contributed by atoms with van der Waals surface area (Å²) in [5, 5.41) is 3.18. The van der Waals surface area contributed by atoms with Gasteiger partial charge in [0, 0.05) is 26.2 Å². The molecule has 1 aliphatic rings. The number of amides is 1. The van der Waals surface area contributed by atoms with Crippen molar-refractivity contribution < 1.29 is 17.9 Å². The lowest BCUT2D eigenvalue weighted by Gasteiger charge is -2.34. The fourth-order valence-electron chi connectivity index (χ4n) is 4.26. The number of nitrogens with one attached hydrogen (secondary N) is 1. The average Bonchev–Trinajstić information content (AvgIpc) is 2.90. The minimum Gasteiger partial charge on any atom is -0.497 e. The summed E-state index contributed by atoms with van der Waals surface area (Å²) in [5.41, 5.74) is 2.21. The zero-order valence-corrected chi connectivity index (χ0v) is 20.7. The van der Waals surface area contributed by atoms with Gasteiger partial charge in [-0.2, -0.15) is 4.31 Å². The zero-order chi connectivity index (χ0) is 24.7. The Morgan fingerprint density at radius 1 is 0.886 bits per heavy atom. The van der Waals surface area contributed by atoms with Crippen LogP contribution < -0.4 is 10.1 Å². The van der Waals surface area contributed by atoms with Crippen molar-refractivity contribution >= 4 is 15.9 Å². The van der Waals surface area contributed by atoms with Crippen molar-refractivity contribution in [2.75, 3.05) is 39.8 Å². The topological polar surface area (TPSA) is 79.0 Å². The van der Waals surface area contributed by atoms with Crippen molar-refractivity contribution in [1.29, 1.82) is 0 Å². The second kappa shape index (κ2) is 11.5. The summed E-state index contributed by atoms with van der Waals surface area (Å²) in [6.07, 6.45) is 0.699. The maximum atomic E-state index is 13.0. The summed E-state index contributed by atoms with van der Waals surface area (Å²) in [5.74, 6) is 0.544. The smallest absolute Gasteiger partial charge is 0.243 e. The lowest BCUT2D eigenvalue weighted by atomic mass is 9.99. The van der Waals surface area contributed by atoms with Crippen LogP contribution in [0.1, 0.15) is 17.2 Å². The summed E-state index contributed by atoms with van der Waals surface area (Å²) in [6, 6.07) is 26.3. The molecule has 0 saturated carbocycles. The predicted octanol–water partition coefficient (Wildman–Crippen LogP) is 3.10. The molecule has 35 heavy (non-hydrogen) atoms. The number of sulfonamides is 1. The molecule has 1 aliphatic heterocycles. The van der Waals surface area contributed by atoms with Gasteiger partial charge in [0.1, 0.15) is 5.75 Å². The van der Waals surface area contributed by atoms with Crippen LogP contribution in [0.2, 0.25) is 0 Å². The SMILES string of the molecule is COc1ccc(S(=O)(=O)N2CCN(CC(=O)NC(Cc3ccccc3)c3ccccc3)CC2)cc1. The van der Waals surface area contributed by atoms with Crippen molar-refractivity contribution in [1.82, 2.24) is 14.5 Å². The van der Waals surface area contributed by atoms with Crippen LogP contribution in [-0.4, -0.2) is 63.4 Å². The predicted molar refractivity (Wildman–Crippen MR) is 136 cm³/mol. The molecule has 1 atom stereocenters. The monoisotopic (exact) mass is 493 g/mol. The molecule has 1 N–H and O–H groups in total. The molecular weight excluding hydrogens is 462 g/mol. The molecule has 1 unspecified atom stereocenters. The Kier molecular flexibility index (Phi) is 8.17. The van der Waals surface area contributed by atoms with E-state index in [1.54, 1.807) is 31.4 Å². The number of nitrogens with zero attached hydrogens (tertiary/aromatic N) is 2. The van der Waals surface area contributed by atoms with Gasteiger partial charge in [0.25, 0.3) is 0 Å². The van der Waals surface area contributed by atoms with Gasteiger partial charge in [0.05, 0.1) is 24.6 Å². The Hall–Kier alpha value is -3.20. The number of ether oxygens (including phenoxy) is 1. The van der Waals surface area contributed by atoms with E-state index in [2.05, 4.69) is 17.4 Å². The quantitative estimate of drug-likeness (QED) is 0.496. The Morgan fingerprint density at radius 2 is 1.49 bits per heavy atom. The van der Waals surface area contributed by atoms with Crippen LogP contribution in [0, 0.1) is 0 Å². The summed E-state index contributed by atoms with van der Waals surface area (Å²) < 4.78 is 32.5. The lowest BCUT2D eigenvalue weighted by Crippen LogP contribution is -2.51. The van der Waals surface area contributed by atoms with Gasteiger partial charge < -0.3 is 10.1 Å². The molecule has 184 valence electrons. The van der Waals surface area contributed by atoms with Crippen LogP contribution in [0.25, 0.3) is 0 Å². The Labute approximate surface area is 207 Å². The first-order valence-electron chi connectivity index (χ1n) is 11.7. The minimum absolute atomic E-state index is 0.0683. The van der Waals surface area contributed by atoms with Crippen LogP contribution >= 0.6 is 0 Å². The summed E-state index contributed by atoms with van der Waals surface area (Å²) in [4.78, 5) is 15.2. The maximum absolute atomic E-state index is 13.0. The van der Waals surface area contributed by atoms with Gasteiger partial charge in [0.15, 0.2) is 0 Å². The first-order chi connectivity index (χ1) is 17.0. The number of methoxy groups -OCH3 is 1. The number of benzene rings is 3. The molecule has 1 fully saturated rings. The first-order valence-corrected chi connectivity index (χ1v) is 13.1. The standard InChI is InChI=1S/C27H31N3O4S/c1-34-24-12-14-25(15-13-24)35(32,33)30-18-16-29(17-19-30)21-27(31)28-26(23-10-6-3-7-11-23)20-22-8-4-2-5-9-22/h2-15,26H,16-21H2,1H3,(H,28,31). The van der Waals surface area contributed by atoms with E-state index >= 15 is 0 Å². The van der Waals surface area contributed by atoms with Gasteiger partial charge >= 0.3 is 0 Å². The van der Waals surface area contributed by atoms with E-state index in [1.165, 1.54) is 4.31 Å². The van der Waals surface area contributed by atoms with E-state index in [1.807, 2.05) is 53.4 Å². The molecule has 0 radical (unpaired) electrons. The molecule has 7 nitrogen and oxygen atoms in total. The van der Waals surface area contributed by atoms with Crippen molar-refractivity contribution in [2.24, 2.45) is 0 Å². The molecule has 1 heterocycles. The van der Waals surface area contributed by atoms with Gasteiger partial charge in [0.2, 0.25) is 15.9 Å². The molecule has 1 amide bonds. The molecule has 4 rings (SSSR count). The van der Waals surface area contributed by atoms with Gasteiger partial charge in [-0.05, 0) is 41.8 Å². The van der Waals surface area contributed by atoms with Crippen molar-refractivity contribution in [3.05, 3.63) is 96.1 Å². The molecule has 0 bridgehead atoms. The number of piperazine rings is 1. The lowest BCUT2D eigenvalue weighted by molar-refractivity contribution is -0.123. The van der Waals surface area contributed by atoms with Gasteiger partial charge in [-0.25, -0.2) is 8.42 Å². The zero-order valence-electron chi connectivity index (χ0n) is 19.8. The van der Waals surface area contributed by atoms with E-state index in [4.69, 9.17) is 4.74 Å². The Bertz CT molecular complexity index is 1190. The largest absolute Gasteiger partial charge is 0.497 e. The second-order valence-electron chi connectivity index (χ2n) is 8.58. The van der Waals surface area contributed by atoms with E-state index in [0.717, 1.165) is 11.1 Å². The highest BCUT2D eigenvalue weighted by molar-refractivity contribution is 7.89. The van der Waals surface area contributed by atoms with Crippen molar-refractivity contribution in [3.8, 4) is 5.75 Å². The van der Waals surface area contributed by atoms with Crippen LogP contribution in [0.15, 0.2) is 89.8 Å². The normalized spacial score (nSPS) is 15.9. The maximum Gasteiger partial charge on any atom is 0.243 e. The summed E-state index contributed by atoms with van der Waals surface area (Å²) in [7, 11) is -2.03. The molecule has 0 spiro atoms. The number of carbonyl (C=O) groups is 1.